The molecule has 0 aliphatic carbocycles. The molecule has 1 rings (SSSR count). The fourth-order valence-electron chi connectivity index (χ4n) is 2.17. The second-order valence-electron chi connectivity index (χ2n) is 7.88. The van der Waals surface area contributed by atoms with Gasteiger partial charge in [-0.05, 0) is 63.3 Å². The van der Waals surface area contributed by atoms with E-state index in [9.17, 15) is 24.5 Å². The second kappa shape index (κ2) is 15.0. The van der Waals surface area contributed by atoms with Crippen LogP contribution in [-0.4, -0.2) is 65.0 Å². The smallest absolute Gasteiger partial charge is 0.332 e. The summed E-state index contributed by atoms with van der Waals surface area (Å²) in [4.78, 5) is 11.5. The van der Waals surface area contributed by atoms with Crippen LogP contribution < -0.4 is 4.74 Å². The van der Waals surface area contributed by atoms with Crippen LogP contribution in [0.3, 0.4) is 0 Å². The standard InChI is InChI=1S/C25H31FO7/c1-25(2,3)33-24(30)18-31-17-23(29)22(28)11-9-7-5-4-6-8-10-20(27)16-32-21-14-12-19(26)13-15-21/h5,7-15,20,22-23,27-29H,16-18H2,1-3H3/t20-,22+,23-/m0/s1. The molecule has 0 unspecified atom stereocenters. The predicted molar refractivity (Wildman–Crippen MR) is 122 cm³/mol. The number of carbonyl (C=O) groups excluding carboxylic acids is 1. The zero-order chi connectivity index (χ0) is 24.7. The highest BCUT2D eigenvalue weighted by Gasteiger charge is 2.18. The van der Waals surface area contributed by atoms with Gasteiger partial charge >= 0.3 is 5.97 Å². The first kappa shape index (κ1) is 28.1. The molecular formula is C25H31FO7. The number of hydrogen-bond acceptors (Lipinski definition) is 7. The summed E-state index contributed by atoms with van der Waals surface area (Å²) in [6, 6.07) is 5.47. The van der Waals surface area contributed by atoms with E-state index < -0.39 is 29.9 Å². The van der Waals surface area contributed by atoms with Crippen molar-refractivity contribution < 1.29 is 38.7 Å². The molecule has 0 saturated heterocycles. The summed E-state index contributed by atoms with van der Waals surface area (Å²) in [5.74, 6) is 4.93. The molecular weight excluding hydrogens is 431 g/mol. The SMILES string of the molecule is CC(C)(C)OC(=O)COC[C@H](O)[C@H](O)C=CC=CC#CC=C[C@H](O)COc1ccc(F)cc1. The number of carbonyl (C=O) groups is 1. The minimum atomic E-state index is -1.20. The fourth-order valence-corrected chi connectivity index (χ4v) is 2.17. The van der Waals surface area contributed by atoms with E-state index in [4.69, 9.17) is 14.2 Å². The average Bonchev–Trinajstić information content (AvgIpc) is 2.73. The normalized spacial score (nSPS) is 14.8. The van der Waals surface area contributed by atoms with E-state index in [-0.39, 0.29) is 25.6 Å². The fraction of sp³-hybridized carbons (Fsp3) is 0.400. The molecule has 0 aliphatic heterocycles. The van der Waals surface area contributed by atoms with Gasteiger partial charge in [0.2, 0.25) is 0 Å². The van der Waals surface area contributed by atoms with Crippen molar-refractivity contribution in [1.29, 1.82) is 0 Å². The van der Waals surface area contributed by atoms with Gasteiger partial charge in [0, 0.05) is 0 Å². The average molecular weight is 463 g/mol. The topological polar surface area (TPSA) is 105 Å². The van der Waals surface area contributed by atoms with Gasteiger partial charge in [-0.2, -0.15) is 0 Å². The lowest BCUT2D eigenvalue weighted by Crippen LogP contribution is -2.31. The maximum absolute atomic E-state index is 12.8. The molecule has 3 atom stereocenters. The maximum Gasteiger partial charge on any atom is 0.332 e. The van der Waals surface area contributed by atoms with Crippen LogP contribution in [-0.2, 0) is 14.3 Å². The van der Waals surface area contributed by atoms with E-state index in [0.717, 1.165) is 0 Å². The lowest BCUT2D eigenvalue weighted by Gasteiger charge is -2.20. The van der Waals surface area contributed by atoms with Crippen molar-refractivity contribution in [3.05, 3.63) is 66.5 Å². The molecule has 8 heteroatoms. The van der Waals surface area contributed by atoms with Crippen LogP contribution in [0, 0.1) is 17.7 Å². The molecule has 7 nitrogen and oxygen atoms in total. The molecule has 0 saturated carbocycles. The number of halogens is 1. The van der Waals surface area contributed by atoms with Gasteiger partial charge in [0.25, 0.3) is 0 Å². The van der Waals surface area contributed by atoms with Gasteiger partial charge < -0.3 is 29.5 Å². The van der Waals surface area contributed by atoms with E-state index in [1.54, 1.807) is 26.8 Å². The third-order valence-corrected chi connectivity index (χ3v) is 3.64. The van der Waals surface area contributed by atoms with E-state index >= 15 is 0 Å². The van der Waals surface area contributed by atoms with Crippen LogP contribution in [0.1, 0.15) is 20.8 Å². The summed E-state index contributed by atoms with van der Waals surface area (Å²) in [7, 11) is 0. The zero-order valence-corrected chi connectivity index (χ0v) is 19.0. The lowest BCUT2D eigenvalue weighted by molar-refractivity contribution is -0.161. The number of rotatable bonds is 11. The van der Waals surface area contributed by atoms with Crippen LogP contribution in [0.2, 0.25) is 0 Å². The molecule has 0 fully saturated rings. The van der Waals surface area contributed by atoms with Crippen LogP contribution in [0.4, 0.5) is 4.39 Å². The minimum Gasteiger partial charge on any atom is -0.491 e. The Morgan fingerprint density at radius 3 is 2.36 bits per heavy atom. The van der Waals surface area contributed by atoms with Crippen molar-refractivity contribution in [2.24, 2.45) is 0 Å². The Labute approximate surface area is 193 Å². The number of aliphatic hydroxyl groups excluding tert-OH is 3. The first-order valence-corrected chi connectivity index (χ1v) is 10.3. The Morgan fingerprint density at radius 1 is 1.03 bits per heavy atom. The Hall–Kier alpha value is -2.96. The summed E-state index contributed by atoms with van der Waals surface area (Å²) in [6.07, 6.45) is 5.60. The van der Waals surface area contributed by atoms with Gasteiger partial charge in [-0.15, -0.1) is 0 Å². The largest absolute Gasteiger partial charge is 0.491 e. The molecule has 0 heterocycles. The highest BCUT2D eigenvalue weighted by molar-refractivity contribution is 5.71. The number of hydrogen-bond donors (Lipinski definition) is 3. The van der Waals surface area contributed by atoms with E-state index in [2.05, 4.69) is 11.8 Å². The van der Waals surface area contributed by atoms with Crippen molar-refractivity contribution in [2.75, 3.05) is 19.8 Å². The van der Waals surface area contributed by atoms with Crippen molar-refractivity contribution in [2.45, 2.75) is 44.7 Å². The van der Waals surface area contributed by atoms with Gasteiger partial charge in [0.1, 0.15) is 48.7 Å². The van der Waals surface area contributed by atoms with Gasteiger partial charge in [-0.3, -0.25) is 0 Å². The molecule has 0 spiro atoms. The number of benzene rings is 1. The Kier molecular flexibility index (Phi) is 12.7. The molecule has 0 aliphatic rings. The Bertz CT molecular complexity index is 857. The van der Waals surface area contributed by atoms with E-state index in [1.807, 2.05) is 0 Å². The number of esters is 1. The maximum atomic E-state index is 12.8. The molecule has 33 heavy (non-hydrogen) atoms. The molecule has 0 amide bonds. The van der Waals surface area contributed by atoms with Crippen LogP contribution in [0.15, 0.2) is 60.7 Å². The third-order valence-electron chi connectivity index (χ3n) is 3.64. The first-order valence-electron chi connectivity index (χ1n) is 10.3. The van der Waals surface area contributed by atoms with Gasteiger partial charge in [-0.25, -0.2) is 9.18 Å². The van der Waals surface area contributed by atoms with E-state index in [0.29, 0.717) is 5.75 Å². The Balaban J connectivity index is 2.26. The summed E-state index contributed by atoms with van der Waals surface area (Å²) >= 11 is 0. The Morgan fingerprint density at radius 2 is 1.70 bits per heavy atom. The van der Waals surface area contributed by atoms with Crippen LogP contribution in [0.5, 0.6) is 5.75 Å². The molecule has 0 bridgehead atoms. The molecule has 1 aromatic carbocycles. The molecule has 3 N–H and O–H groups in total. The summed E-state index contributed by atoms with van der Waals surface area (Å²) in [6.45, 7) is 4.66. The minimum absolute atomic E-state index is 0.00406. The van der Waals surface area contributed by atoms with Crippen molar-refractivity contribution in [3.8, 4) is 17.6 Å². The number of aliphatic hydroxyl groups is 3. The van der Waals surface area contributed by atoms with Gasteiger partial charge in [0.15, 0.2) is 0 Å². The molecule has 180 valence electrons. The summed E-state index contributed by atoms with van der Waals surface area (Å²) in [5, 5.41) is 29.5. The zero-order valence-electron chi connectivity index (χ0n) is 19.0. The highest BCUT2D eigenvalue weighted by atomic mass is 19.1. The van der Waals surface area contributed by atoms with Crippen molar-refractivity contribution in [3.63, 3.8) is 0 Å². The van der Waals surface area contributed by atoms with E-state index in [1.165, 1.54) is 54.6 Å². The summed E-state index contributed by atoms with van der Waals surface area (Å²) in [5.41, 5.74) is -0.619. The highest BCUT2D eigenvalue weighted by Crippen LogP contribution is 2.11. The van der Waals surface area contributed by atoms with Crippen molar-refractivity contribution >= 4 is 5.97 Å². The molecule has 0 aromatic heterocycles. The first-order chi connectivity index (χ1) is 15.6. The van der Waals surface area contributed by atoms with Gasteiger partial charge in [-0.1, -0.05) is 30.1 Å². The van der Waals surface area contributed by atoms with Crippen LogP contribution >= 0.6 is 0 Å². The lowest BCUT2D eigenvalue weighted by atomic mass is 10.2. The number of allylic oxidation sites excluding steroid dienone is 4. The van der Waals surface area contributed by atoms with Crippen molar-refractivity contribution in [1.82, 2.24) is 0 Å². The second-order valence-corrected chi connectivity index (χ2v) is 7.88. The summed E-state index contributed by atoms with van der Waals surface area (Å²) < 4.78 is 28.2. The monoisotopic (exact) mass is 462 g/mol. The third kappa shape index (κ3) is 14.7. The van der Waals surface area contributed by atoms with Gasteiger partial charge in [0.05, 0.1) is 6.61 Å². The predicted octanol–water partition coefficient (Wildman–Crippen LogP) is 2.32. The van der Waals surface area contributed by atoms with Crippen LogP contribution in [0.25, 0.3) is 0 Å². The molecule has 0 radical (unpaired) electrons. The molecule has 1 aromatic rings. The quantitative estimate of drug-likeness (QED) is 0.263. The number of ether oxygens (including phenoxy) is 3.